The summed E-state index contributed by atoms with van der Waals surface area (Å²) in [6, 6.07) is 13.7. The lowest BCUT2D eigenvalue weighted by Crippen LogP contribution is -2.21. The molecule has 7 nitrogen and oxygen atoms in total. The van der Waals surface area contributed by atoms with Gasteiger partial charge >= 0.3 is 0 Å². The van der Waals surface area contributed by atoms with Gasteiger partial charge < -0.3 is 25.0 Å². The monoisotopic (exact) mass is 392 g/mol. The first-order chi connectivity index (χ1) is 14.1. The van der Waals surface area contributed by atoms with Crippen molar-refractivity contribution in [1.82, 2.24) is 10.5 Å². The summed E-state index contributed by atoms with van der Waals surface area (Å²) in [4.78, 5) is 4.60. The number of nitrogens with one attached hydrogen (secondary N) is 1. The maximum atomic E-state index is 6.03. The normalized spacial score (nSPS) is 18.3. The molecule has 0 aliphatic carbocycles. The molecule has 3 N–H and O–H groups in total. The number of fused-ring (bicyclic) bond motifs is 1. The Morgan fingerprint density at radius 1 is 1.21 bits per heavy atom. The highest BCUT2D eigenvalue weighted by Crippen LogP contribution is 2.27. The zero-order chi connectivity index (χ0) is 20.2. The van der Waals surface area contributed by atoms with Crippen LogP contribution in [0.25, 0.3) is 16.7 Å². The number of allylic oxidation sites excluding steroid dienone is 1. The van der Waals surface area contributed by atoms with E-state index in [2.05, 4.69) is 29.3 Å². The molecule has 2 aromatic carbocycles. The predicted octanol–water partition coefficient (Wildman–Crippen LogP) is 3.81. The maximum absolute atomic E-state index is 6.03. The summed E-state index contributed by atoms with van der Waals surface area (Å²) in [6.07, 6.45) is 2.00. The summed E-state index contributed by atoms with van der Waals surface area (Å²) >= 11 is 0. The lowest BCUT2D eigenvalue weighted by Gasteiger charge is -2.19. The molecule has 7 heteroatoms. The molecule has 0 saturated carbocycles. The van der Waals surface area contributed by atoms with E-state index in [1.807, 2.05) is 48.5 Å². The van der Waals surface area contributed by atoms with Gasteiger partial charge in [0.05, 0.1) is 17.7 Å². The van der Waals surface area contributed by atoms with Gasteiger partial charge in [-0.15, -0.1) is 0 Å². The van der Waals surface area contributed by atoms with E-state index < -0.39 is 0 Å². The molecular formula is C22H24N4O3. The van der Waals surface area contributed by atoms with Crippen LogP contribution in [0.5, 0.6) is 5.75 Å². The molecule has 0 atom stereocenters. The average molecular weight is 392 g/mol. The number of hydrogen-bond acceptors (Lipinski definition) is 7. The van der Waals surface area contributed by atoms with Crippen molar-refractivity contribution in [3.8, 4) is 5.75 Å². The molecule has 29 heavy (non-hydrogen) atoms. The van der Waals surface area contributed by atoms with Gasteiger partial charge in [0.25, 0.3) is 0 Å². The Morgan fingerprint density at radius 2 is 2.07 bits per heavy atom. The van der Waals surface area contributed by atoms with Crippen molar-refractivity contribution < 1.29 is 14.0 Å². The first kappa shape index (κ1) is 19.0. The van der Waals surface area contributed by atoms with Gasteiger partial charge in [-0.25, -0.2) is 0 Å². The molecule has 0 amide bonds. The van der Waals surface area contributed by atoms with Crippen molar-refractivity contribution in [1.29, 1.82) is 0 Å². The third-order valence-corrected chi connectivity index (χ3v) is 4.51. The van der Waals surface area contributed by atoms with Gasteiger partial charge in [-0.3, -0.25) is 4.99 Å². The van der Waals surface area contributed by atoms with Crippen LogP contribution in [0, 0.1) is 5.92 Å². The number of hydrogen-bond donors (Lipinski definition) is 2. The molecule has 1 aliphatic rings. The van der Waals surface area contributed by atoms with Gasteiger partial charge in [0.15, 0.2) is 11.4 Å². The van der Waals surface area contributed by atoms with Gasteiger partial charge in [0.1, 0.15) is 19.2 Å². The molecule has 0 unspecified atom stereocenters. The molecule has 0 spiro atoms. The number of nitrogen functional groups attached to an aromatic ring is 1. The molecule has 4 rings (SSSR count). The Morgan fingerprint density at radius 3 is 2.93 bits per heavy atom. The van der Waals surface area contributed by atoms with Crippen LogP contribution in [0.2, 0.25) is 0 Å². The van der Waals surface area contributed by atoms with Crippen molar-refractivity contribution in [2.45, 2.75) is 13.8 Å². The van der Waals surface area contributed by atoms with Crippen molar-refractivity contribution >= 4 is 28.2 Å². The highest BCUT2D eigenvalue weighted by molar-refractivity contribution is 6.14. The number of para-hydroxylation sites is 1. The molecule has 1 aromatic heterocycles. The first-order valence-electron chi connectivity index (χ1n) is 9.57. The standard InChI is InChI=1S/C22H24N4O3/c1-14(2)11-28-20-6-4-3-5-16(20)19-10-18(24-12-27-13-25-19)15-7-8-21-17(9-15)22(23)26-29-21/h3-10,14,25H,11-13H2,1-2H3,(H2,23,26)/b19-10-,24-18+. The van der Waals surface area contributed by atoms with E-state index in [-0.39, 0.29) is 6.73 Å². The van der Waals surface area contributed by atoms with Gasteiger partial charge in [0, 0.05) is 16.8 Å². The third-order valence-electron chi connectivity index (χ3n) is 4.51. The quantitative estimate of drug-likeness (QED) is 0.686. The summed E-state index contributed by atoms with van der Waals surface area (Å²) in [6.45, 7) is 5.51. The number of anilines is 1. The molecule has 0 radical (unpaired) electrons. The smallest absolute Gasteiger partial charge is 0.174 e. The van der Waals surface area contributed by atoms with Crippen molar-refractivity contribution in [3.63, 3.8) is 0 Å². The topological polar surface area (TPSA) is 94.9 Å². The number of aromatic nitrogens is 1. The molecule has 0 fully saturated rings. The fraction of sp³-hybridized carbons (Fsp3) is 0.273. The SMILES string of the molecule is CC(C)COc1ccccc1/C1=C/C(c2ccc3onc(N)c3c2)=N\COCN1. The van der Waals surface area contributed by atoms with E-state index in [9.17, 15) is 0 Å². The summed E-state index contributed by atoms with van der Waals surface area (Å²) in [5, 5.41) is 7.91. The largest absolute Gasteiger partial charge is 0.493 e. The van der Waals surface area contributed by atoms with E-state index in [1.165, 1.54) is 0 Å². The minimum atomic E-state index is 0.259. The number of benzene rings is 2. The van der Waals surface area contributed by atoms with Gasteiger partial charge in [0.2, 0.25) is 0 Å². The lowest BCUT2D eigenvalue weighted by atomic mass is 10.0. The minimum Gasteiger partial charge on any atom is -0.493 e. The number of nitrogens with zero attached hydrogens (tertiary/aromatic N) is 2. The fourth-order valence-electron chi connectivity index (χ4n) is 3.06. The van der Waals surface area contributed by atoms with Crippen molar-refractivity contribution in [2.24, 2.45) is 10.9 Å². The van der Waals surface area contributed by atoms with E-state index in [0.717, 1.165) is 33.7 Å². The fourth-order valence-corrected chi connectivity index (χ4v) is 3.06. The predicted molar refractivity (Wildman–Crippen MR) is 114 cm³/mol. The second kappa shape index (κ2) is 8.36. The molecule has 150 valence electrons. The van der Waals surface area contributed by atoms with E-state index in [4.69, 9.17) is 19.7 Å². The van der Waals surface area contributed by atoms with E-state index >= 15 is 0 Å². The van der Waals surface area contributed by atoms with E-state index in [0.29, 0.717) is 30.7 Å². The molecule has 2 heterocycles. The van der Waals surface area contributed by atoms with Gasteiger partial charge in [-0.05, 0) is 42.3 Å². The van der Waals surface area contributed by atoms with Crippen LogP contribution in [0.4, 0.5) is 5.82 Å². The Bertz CT molecular complexity index is 1070. The molecule has 1 aliphatic heterocycles. The Hall–Kier alpha value is -3.32. The molecular weight excluding hydrogens is 368 g/mol. The zero-order valence-electron chi connectivity index (χ0n) is 16.5. The number of aliphatic imine (C=N–C) groups is 1. The van der Waals surface area contributed by atoms with Crippen LogP contribution in [-0.4, -0.2) is 30.9 Å². The molecule has 0 saturated heterocycles. The van der Waals surface area contributed by atoms with E-state index in [1.54, 1.807) is 0 Å². The van der Waals surface area contributed by atoms with Crippen LogP contribution >= 0.6 is 0 Å². The lowest BCUT2D eigenvalue weighted by molar-refractivity contribution is 0.134. The third kappa shape index (κ3) is 4.25. The van der Waals surface area contributed by atoms with Crippen LogP contribution in [-0.2, 0) is 4.74 Å². The van der Waals surface area contributed by atoms with Crippen LogP contribution < -0.4 is 15.8 Å². The Balaban J connectivity index is 1.74. The van der Waals surface area contributed by atoms with Crippen LogP contribution in [0.1, 0.15) is 25.0 Å². The first-order valence-corrected chi connectivity index (χ1v) is 9.57. The number of nitrogens with two attached hydrogens (primary N) is 1. The van der Waals surface area contributed by atoms with Crippen molar-refractivity contribution in [2.75, 3.05) is 25.8 Å². The maximum Gasteiger partial charge on any atom is 0.174 e. The summed E-state index contributed by atoms with van der Waals surface area (Å²) < 4.78 is 16.8. The average Bonchev–Trinajstić information content (AvgIpc) is 3.07. The Labute approximate surface area is 169 Å². The second-order valence-corrected chi connectivity index (χ2v) is 7.24. The number of rotatable bonds is 5. The van der Waals surface area contributed by atoms with Crippen LogP contribution in [0.15, 0.2) is 58.1 Å². The van der Waals surface area contributed by atoms with Crippen molar-refractivity contribution in [3.05, 3.63) is 59.7 Å². The highest BCUT2D eigenvalue weighted by atomic mass is 16.5. The second-order valence-electron chi connectivity index (χ2n) is 7.24. The van der Waals surface area contributed by atoms with Gasteiger partial charge in [-0.1, -0.05) is 31.1 Å². The zero-order valence-corrected chi connectivity index (χ0v) is 16.5. The summed E-state index contributed by atoms with van der Waals surface area (Å²) in [5.41, 5.74) is 10.1. The molecule has 3 aromatic rings. The van der Waals surface area contributed by atoms with Crippen LogP contribution in [0.3, 0.4) is 0 Å². The highest BCUT2D eigenvalue weighted by Gasteiger charge is 2.14. The minimum absolute atomic E-state index is 0.259. The van der Waals surface area contributed by atoms with Gasteiger partial charge in [-0.2, -0.15) is 0 Å². The summed E-state index contributed by atoms with van der Waals surface area (Å²) in [7, 11) is 0. The molecule has 0 bridgehead atoms. The summed E-state index contributed by atoms with van der Waals surface area (Å²) in [5.74, 6) is 1.61. The number of ether oxygens (including phenoxy) is 2. The Kier molecular flexibility index (Phi) is 5.48.